The Balaban J connectivity index is 2.56. The number of carbonyl (C=O) groups is 2. The molecule has 0 saturated heterocycles. The monoisotopic (exact) mass is 312 g/mol. The number of halogens is 1. The van der Waals surface area contributed by atoms with Crippen LogP contribution in [0.25, 0.3) is 0 Å². The molecular formula is C13H17ClN4O3. The fourth-order valence-corrected chi connectivity index (χ4v) is 2.46. The molecule has 2 rings (SSSR count). The number of hydrazine groups is 1. The molecule has 0 radical (unpaired) electrons. The van der Waals surface area contributed by atoms with E-state index in [4.69, 9.17) is 16.3 Å². The third-order valence-electron chi connectivity index (χ3n) is 3.19. The molecule has 8 heteroatoms. The predicted octanol–water partition coefficient (Wildman–Crippen LogP) is 0.887. The van der Waals surface area contributed by atoms with Crippen LogP contribution in [0.15, 0.2) is 18.3 Å². The minimum Gasteiger partial charge on any atom is -0.463 e. The first-order valence-electron chi connectivity index (χ1n) is 6.48. The van der Waals surface area contributed by atoms with Gasteiger partial charge in [-0.25, -0.2) is 9.78 Å². The molecule has 0 bridgehead atoms. The number of alkyl halides is 1. The van der Waals surface area contributed by atoms with E-state index < -0.39 is 17.5 Å². The molecule has 0 aliphatic carbocycles. The maximum atomic E-state index is 12.3. The van der Waals surface area contributed by atoms with Gasteiger partial charge in [0.05, 0.1) is 12.3 Å². The van der Waals surface area contributed by atoms with Gasteiger partial charge in [-0.3, -0.25) is 14.7 Å². The molecule has 0 aromatic carbocycles. The first-order valence-corrected chi connectivity index (χ1v) is 7.02. The van der Waals surface area contributed by atoms with E-state index in [1.165, 1.54) is 4.90 Å². The van der Waals surface area contributed by atoms with Crippen molar-refractivity contribution in [3.05, 3.63) is 18.3 Å². The number of hydrogen-bond acceptors (Lipinski definition) is 6. The van der Waals surface area contributed by atoms with E-state index in [1.807, 2.05) is 0 Å². The van der Waals surface area contributed by atoms with Crippen molar-refractivity contribution in [2.75, 3.05) is 29.4 Å². The number of rotatable bonds is 3. The van der Waals surface area contributed by atoms with Gasteiger partial charge in [-0.15, -0.1) is 11.6 Å². The van der Waals surface area contributed by atoms with Crippen LogP contribution in [0, 0.1) is 0 Å². The fourth-order valence-electron chi connectivity index (χ4n) is 2.34. The highest BCUT2D eigenvalue weighted by atomic mass is 35.5. The Labute approximate surface area is 127 Å². The zero-order chi connectivity index (χ0) is 15.6. The molecule has 1 N–H and O–H groups in total. The molecule has 0 saturated carbocycles. The van der Waals surface area contributed by atoms with E-state index in [0.717, 1.165) is 0 Å². The SMILES string of the molecule is CCOC(=O)C1(C)NN(C)c2ncccc2N1C(=O)CCl. The van der Waals surface area contributed by atoms with Gasteiger partial charge in [0.2, 0.25) is 11.6 Å². The van der Waals surface area contributed by atoms with E-state index in [2.05, 4.69) is 10.4 Å². The molecule has 2 heterocycles. The Morgan fingerprint density at radius 3 is 2.86 bits per heavy atom. The summed E-state index contributed by atoms with van der Waals surface area (Å²) in [5.74, 6) is -0.709. The van der Waals surface area contributed by atoms with Gasteiger partial charge in [0.25, 0.3) is 0 Å². The number of anilines is 2. The number of nitrogens with one attached hydrogen (secondary N) is 1. The van der Waals surface area contributed by atoms with Crippen LogP contribution in [0.4, 0.5) is 11.5 Å². The topological polar surface area (TPSA) is 74.8 Å². The van der Waals surface area contributed by atoms with Crippen LogP contribution in [0.2, 0.25) is 0 Å². The van der Waals surface area contributed by atoms with Crippen molar-refractivity contribution in [2.24, 2.45) is 0 Å². The molecule has 7 nitrogen and oxygen atoms in total. The largest absolute Gasteiger partial charge is 0.463 e. The summed E-state index contributed by atoms with van der Waals surface area (Å²) < 4.78 is 5.09. The van der Waals surface area contributed by atoms with Crippen LogP contribution in [0.3, 0.4) is 0 Å². The third kappa shape index (κ3) is 2.54. The van der Waals surface area contributed by atoms with Crippen LogP contribution in [-0.4, -0.2) is 42.1 Å². The summed E-state index contributed by atoms with van der Waals surface area (Å²) >= 11 is 5.69. The van der Waals surface area contributed by atoms with E-state index in [9.17, 15) is 9.59 Å². The molecule has 1 unspecified atom stereocenters. The normalized spacial score (nSPS) is 21.0. The number of ether oxygens (including phenoxy) is 1. The highest BCUT2D eigenvalue weighted by molar-refractivity contribution is 6.30. The first kappa shape index (κ1) is 15.5. The predicted molar refractivity (Wildman–Crippen MR) is 79.0 cm³/mol. The summed E-state index contributed by atoms with van der Waals surface area (Å²) in [5.41, 5.74) is 2.06. The van der Waals surface area contributed by atoms with Gasteiger partial charge in [-0.2, -0.15) is 5.43 Å². The number of aromatic nitrogens is 1. The van der Waals surface area contributed by atoms with Crippen LogP contribution in [0.5, 0.6) is 0 Å². The quantitative estimate of drug-likeness (QED) is 0.660. The van der Waals surface area contributed by atoms with Gasteiger partial charge >= 0.3 is 5.97 Å². The number of pyridine rings is 1. The highest BCUT2D eigenvalue weighted by Crippen LogP contribution is 2.35. The second-order valence-electron chi connectivity index (χ2n) is 4.67. The van der Waals surface area contributed by atoms with Crippen molar-refractivity contribution >= 4 is 35.0 Å². The molecule has 1 atom stereocenters. The summed E-state index contributed by atoms with van der Waals surface area (Å²) in [6.07, 6.45) is 1.60. The molecule has 0 spiro atoms. The van der Waals surface area contributed by atoms with Crippen molar-refractivity contribution in [3.8, 4) is 0 Å². The Morgan fingerprint density at radius 2 is 2.24 bits per heavy atom. The van der Waals surface area contributed by atoms with Crippen LogP contribution < -0.4 is 15.3 Å². The number of hydrogen-bond donors (Lipinski definition) is 1. The second kappa shape index (κ2) is 5.87. The van der Waals surface area contributed by atoms with Crippen LogP contribution >= 0.6 is 11.6 Å². The van der Waals surface area contributed by atoms with Crippen molar-refractivity contribution in [2.45, 2.75) is 19.5 Å². The number of fused-ring (bicyclic) bond motifs is 1. The lowest BCUT2D eigenvalue weighted by Gasteiger charge is -2.46. The Morgan fingerprint density at radius 1 is 1.52 bits per heavy atom. The van der Waals surface area contributed by atoms with Crippen molar-refractivity contribution < 1.29 is 14.3 Å². The zero-order valence-corrected chi connectivity index (χ0v) is 12.8. The summed E-state index contributed by atoms with van der Waals surface area (Å²) in [6, 6.07) is 3.40. The number of esters is 1. The van der Waals surface area contributed by atoms with E-state index in [0.29, 0.717) is 11.5 Å². The summed E-state index contributed by atoms with van der Waals surface area (Å²) in [4.78, 5) is 30.1. The van der Waals surface area contributed by atoms with Gasteiger partial charge in [0.1, 0.15) is 5.88 Å². The van der Waals surface area contributed by atoms with E-state index >= 15 is 0 Å². The maximum absolute atomic E-state index is 12.3. The second-order valence-corrected chi connectivity index (χ2v) is 4.94. The third-order valence-corrected chi connectivity index (χ3v) is 3.42. The molecule has 114 valence electrons. The Hall–Kier alpha value is -1.86. The fraction of sp³-hybridized carbons (Fsp3) is 0.462. The molecule has 1 aliphatic rings. The number of nitrogens with zero attached hydrogens (tertiary/aromatic N) is 3. The Kier molecular flexibility index (Phi) is 4.34. The lowest BCUT2D eigenvalue weighted by atomic mass is 10.1. The average Bonchev–Trinajstić information content (AvgIpc) is 2.47. The van der Waals surface area contributed by atoms with E-state index in [1.54, 1.807) is 44.2 Å². The molecule has 1 amide bonds. The summed E-state index contributed by atoms with van der Waals surface area (Å²) in [7, 11) is 1.71. The summed E-state index contributed by atoms with van der Waals surface area (Å²) in [5, 5.41) is 1.59. The summed E-state index contributed by atoms with van der Waals surface area (Å²) in [6.45, 7) is 3.49. The van der Waals surface area contributed by atoms with Gasteiger partial charge in [0.15, 0.2) is 5.82 Å². The van der Waals surface area contributed by atoms with Gasteiger partial charge in [0, 0.05) is 13.2 Å². The molecule has 1 aliphatic heterocycles. The van der Waals surface area contributed by atoms with E-state index in [-0.39, 0.29) is 12.5 Å². The smallest absolute Gasteiger partial charge is 0.349 e. The molecule has 1 aromatic rings. The lowest BCUT2D eigenvalue weighted by Crippen LogP contribution is -2.71. The number of amides is 1. The lowest BCUT2D eigenvalue weighted by molar-refractivity contribution is -0.152. The first-order chi connectivity index (χ1) is 9.95. The molecule has 21 heavy (non-hydrogen) atoms. The molecule has 0 fully saturated rings. The number of carbonyl (C=O) groups excluding carboxylic acids is 2. The molecule has 1 aromatic heterocycles. The zero-order valence-electron chi connectivity index (χ0n) is 12.1. The Bertz CT molecular complexity index is 568. The standard InChI is InChI=1S/C13H17ClN4O3/c1-4-21-12(20)13(2)16-17(3)11-9(6-5-7-15-11)18(13)10(19)8-14/h5-7,16H,4,8H2,1-3H3. The van der Waals surface area contributed by atoms with Crippen LogP contribution in [-0.2, 0) is 14.3 Å². The van der Waals surface area contributed by atoms with Crippen molar-refractivity contribution in [3.63, 3.8) is 0 Å². The van der Waals surface area contributed by atoms with Gasteiger partial charge in [-0.1, -0.05) is 0 Å². The van der Waals surface area contributed by atoms with Gasteiger partial charge < -0.3 is 4.74 Å². The average molecular weight is 313 g/mol. The highest BCUT2D eigenvalue weighted by Gasteiger charge is 2.49. The van der Waals surface area contributed by atoms with Gasteiger partial charge in [-0.05, 0) is 26.0 Å². The minimum absolute atomic E-state index is 0.211. The van der Waals surface area contributed by atoms with Crippen LogP contribution in [0.1, 0.15) is 13.8 Å². The maximum Gasteiger partial charge on any atom is 0.349 e. The minimum atomic E-state index is -1.38. The van der Waals surface area contributed by atoms with Crippen molar-refractivity contribution in [1.82, 2.24) is 10.4 Å². The van der Waals surface area contributed by atoms with Crippen molar-refractivity contribution in [1.29, 1.82) is 0 Å². The molecular weight excluding hydrogens is 296 g/mol.